The topological polar surface area (TPSA) is 83.5 Å². The summed E-state index contributed by atoms with van der Waals surface area (Å²) < 4.78 is 29.5. The molecule has 0 aliphatic heterocycles. The Balaban J connectivity index is 3.71. The number of rotatable bonds is 10. The molecule has 0 saturated heterocycles. The molecule has 0 heterocycles. The molecule has 5 nitrogen and oxygen atoms in total. The molecule has 0 aromatic heterocycles. The van der Waals surface area contributed by atoms with E-state index in [4.69, 9.17) is 4.55 Å². The van der Waals surface area contributed by atoms with Crippen LogP contribution in [0.3, 0.4) is 0 Å². The van der Waals surface area contributed by atoms with Gasteiger partial charge in [-0.05, 0) is 24.2 Å². The molecule has 0 amide bonds. The highest BCUT2D eigenvalue weighted by Crippen LogP contribution is 2.11. The fourth-order valence-corrected chi connectivity index (χ4v) is 3.37. The van der Waals surface area contributed by atoms with Crippen LogP contribution in [0, 0.1) is 5.92 Å². The van der Waals surface area contributed by atoms with Gasteiger partial charge in [0.25, 0.3) is 10.1 Å². The van der Waals surface area contributed by atoms with Gasteiger partial charge in [-0.1, -0.05) is 6.92 Å². The Morgan fingerprint density at radius 3 is 2.44 bits per heavy atom. The van der Waals surface area contributed by atoms with Crippen LogP contribution >= 0.6 is 0 Å². The van der Waals surface area contributed by atoms with Crippen LogP contribution in [0.4, 0.5) is 0 Å². The normalized spacial score (nSPS) is 15.3. The Morgan fingerprint density at radius 1 is 1.39 bits per heavy atom. The first kappa shape index (κ1) is 17.9. The maximum absolute atomic E-state index is 11.3. The highest BCUT2D eigenvalue weighted by molar-refractivity contribution is 7.96. The number of Topliss-reactive ketones (excluding diaryl/α,β-unsaturated/α-hetero) is 1. The molecule has 18 heavy (non-hydrogen) atoms. The van der Waals surface area contributed by atoms with Gasteiger partial charge in [0, 0.05) is 18.9 Å². The minimum atomic E-state index is -3.92. The van der Waals surface area contributed by atoms with E-state index in [2.05, 4.69) is 11.6 Å². The number of ketones is 1. The van der Waals surface area contributed by atoms with Gasteiger partial charge < -0.3 is 0 Å². The van der Waals surface area contributed by atoms with Gasteiger partial charge in [0.2, 0.25) is 0 Å². The molecule has 0 bridgehead atoms. The van der Waals surface area contributed by atoms with Crippen LogP contribution in [0.25, 0.3) is 0 Å². The molecule has 0 spiro atoms. The van der Waals surface area contributed by atoms with Crippen molar-refractivity contribution in [3.63, 3.8) is 0 Å². The maximum Gasteiger partial charge on any atom is 0.278 e. The molecule has 0 aromatic rings. The summed E-state index contributed by atoms with van der Waals surface area (Å²) in [4.78, 5) is 11.3. The van der Waals surface area contributed by atoms with E-state index >= 15 is 0 Å². The predicted molar refractivity (Wildman–Crippen MR) is 76.5 cm³/mol. The highest BCUT2D eigenvalue weighted by Gasteiger charge is 2.17. The summed E-state index contributed by atoms with van der Waals surface area (Å²) in [6.07, 6.45) is 3.90. The highest BCUT2D eigenvalue weighted by atomic mass is 32.2. The first-order chi connectivity index (χ1) is 8.26. The second-order valence-electron chi connectivity index (χ2n) is 4.42. The van der Waals surface area contributed by atoms with Crippen molar-refractivity contribution < 1.29 is 17.8 Å². The Labute approximate surface area is 113 Å². The van der Waals surface area contributed by atoms with Crippen LogP contribution in [-0.4, -0.2) is 48.9 Å². The third-order valence-corrected chi connectivity index (χ3v) is 5.20. The van der Waals surface area contributed by atoms with Crippen LogP contribution in [0.15, 0.2) is 0 Å². The lowest BCUT2D eigenvalue weighted by molar-refractivity contribution is -0.120. The smallest absolute Gasteiger partial charge is 0.278 e. The van der Waals surface area contributed by atoms with Gasteiger partial charge in [-0.15, -0.1) is 0 Å². The quantitative estimate of drug-likeness (QED) is 0.352. The van der Waals surface area contributed by atoms with Crippen LogP contribution < -0.4 is 5.32 Å². The van der Waals surface area contributed by atoms with Crippen LogP contribution in [0.5, 0.6) is 0 Å². The number of hydrogen-bond donors (Lipinski definition) is 2. The summed E-state index contributed by atoms with van der Waals surface area (Å²) in [6, 6.07) is 0. The van der Waals surface area contributed by atoms with Gasteiger partial charge >= 0.3 is 0 Å². The minimum Gasteiger partial charge on any atom is -0.300 e. The summed E-state index contributed by atoms with van der Waals surface area (Å²) in [7, 11) is -3.74. The third-order valence-electron chi connectivity index (χ3n) is 2.79. The van der Waals surface area contributed by atoms with E-state index in [-0.39, 0.29) is 22.6 Å². The average molecular weight is 298 g/mol. The average Bonchev–Trinajstić information content (AvgIpc) is 2.23. The predicted octanol–water partition coefficient (Wildman–Crippen LogP) is 0.675. The van der Waals surface area contributed by atoms with E-state index in [1.165, 1.54) is 0 Å². The molecule has 0 fully saturated rings. The second kappa shape index (κ2) is 8.90. The van der Waals surface area contributed by atoms with Crippen molar-refractivity contribution in [2.45, 2.75) is 26.7 Å². The largest absolute Gasteiger partial charge is 0.300 e. The summed E-state index contributed by atoms with van der Waals surface area (Å²) in [5.74, 6) is 1.87. The maximum atomic E-state index is 11.3. The monoisotopic (exact) mass is 298 g/mol. The van der Waals surface area contributed by atoms with E-state index in [0.29, 0.717) is 6.54 Å². The SMILES string of the molecule is CC[C@@H](CC[S+](C)CCNCS(=O)(=O)O)C(C)=O. The van der Waals surface area contributed by atoms with Crippen molar-refractivity contribution in [1.82, 2.24) is 5.32 Å². The second-order valence-corrected chi connectivity index (χ2v) is 8.25. The summed E-state index contributed by atoms with van der Waals surface area (Å²) in [6.45, 7) is 4.22. The van der Waals surface area contributed by atoms with Gasteiger partial charge in [0.05, 0.1) is 6.26 Å². The molecule has 2 atom stereocenters. The Morgan fingerprint density at radius 2 is 2.00 bits per heavy atom. The Hall–Kier alpha value is -0.110. The zero-order chi connectivity index (χ0) is 14.2. The summed E-state index contributed by atoms with van der Waals surface area (Å²) in [5, 5.41) is 2.68. The van der Waals surface area contributed by atoms with Crippen LogP contribution in [0.1, 0.15) is 26.7 Å². The van der Waals surface area contributed by atoms with Gasteiger partial charge in [-0.3, -0.25) is 14.7 Å². The van der Waals surface area contributed by atoms with Gasteiger partial charge in [0.1, 0.15) is 23.2 Å². The van der Waals surface area contributed by atoms with Crippen LogP contribution in [0.2, 0.25) is 0 Å². The van der Waals surface area contributed by atoms with E-state index in [0.717, 1.165) is 24.3 Å². The number of hydrogen-bond acceptors (Lipinski definition) is 4. The lowest BCUT2D eigenvalue weighted by atomic mass is 10.00. The molecule has 1 unspecified atom stereocenters. The van der Waals surface area contributed by atoms with Crippen molar-refractivity contribution in [1.29, 1.82) is 0 Å². The Kier molecular flexibility index (Phi) is 8.85. The van der Waals surface area contributed by atoms with Gasteiger partial charge in [0.15, 0.2) is 0 Å². The minimum absolute atomic E-state index is 0.158. The van der Waals surface area contributed by atoms with Crippen molar-refractivity contribution in [2.75, 3.05) is 30.2 Å². The van der Waals surface area contributed by atoms with Crippen molar-refractivity contribution in [2.24, 2.45) is 5.92 Å². The standard InChI is InChI=1S/C11H23NO4S2/c1-4-11(10(2)13)5-7-17(3)8-6-12-9-18(14,15)16/h11-12H,4-9H2,1-3H3/p+1/t11-,17?/m0/s1. The van der Waals surface area contributed by atoms with E-state index in [9.17, 15) is 13.2 Å². The molecule has 0 rings (SSSR count). The van der Waals surface area contributed by atoms with Gasteiger partial charge in [-0.2, -0.15) is 8.42 Å². The third kappa shape index (κ3) is 9.87. The van der Waals surface area contributed by atoms with E-state index in [1.54, 1.807) is 6.92 Å². The molecular formula is C11H24NO4S2+. The number of carbonyl (C=O) groups excluding carboxylic acids is 1. The zero-order valence-electron chi connectivity index (χ0n) is 11.3. The molecule has 2 N–H and O–H groups in total. The van der Waals surface area contributed by atoms with Gasteiger partial charge in [-0.25, -0.2) is 0 Å². The Bertz CT molecular complexity index is 343. The molecule has 0 aromatic carbocycles. The molecule has 0 aliphatic rings. The summed E-state index contributed by atoms with van der Waals surface area (Å²) in [5.41, 5.74) is 0. The van der Waals surface area contributed by atoms with Crippen molar-refractivity contribution in [3.05, 3.63) is 0 Å². The molecule has 0 saturated carbocycles. The summed E-state index contributed by atoms with van der Waals surface area (Å²) >= 11 is 0. The lowest BCUT2D eigenvalue weighted by Gasteiger charge is -2.10. The first-order valence-corrected chi connectivity index (χ1v) is 9.59. The van der Waals surface area contributed by atoms with E-state index < -0.39 is 16.0 Å². The van der Waals surface area contributed by atoms with Crippen molar-refractivity contribution in [3.8, 4) is 0 Å². The fraction of sp³-hybridized carbons (Fsp3) is 0.909. The molecule has 7 heteroatoms. The van der Waals surface area contributed by atoms with Crippen molar-refractivity contribution >= 4 is 26.8 Å². The molecular weight excluding hydrogens is 274 g/mol. The zero-order valence-corrected chi connectivity index (χ0v) is 12.9. The molecule has 0 radical (unpaired) electrons. The number of nitrogens with one attached hydrogen (secondary N) is 1. The first-order valence-electron chi connectivity index (χ1n) is 6.01. The molecule has 0 aliphatic carbocycles. The lowest BCUT2D eigenvalue weighted by Crippen LogP contribution is -2.29. The van der Waals surface area contributed by atoms with Crippen LogP contribution in [-0.2, 0) is 25.8 Å². The molecule has 108 valence electrons. The number of carbonyl (C=O) groups is 1. The van der Waals surface area contributed by atoms with E-state index in [1.807, 2.05) is 6.92 Å². The fourth-order valence-electron chi connectivity index (χ4n) is 1.59.